The molecule has 0 unspecified atom stereocenters. The summed E-state index contributed by atoms with van der Waals surface area (Å²) in [6, 6.07) is -1.90. The number of nitrogens with zero attached hydrogens (tertiary/aromatic N) is 3. The van der Waals surface area contributed by atoms with Gasteiger partial charge in [-0.2, -0.15) is 13.5 Å². The number of amides is 3. The summed E-state index contributed by atoms with van der Waals surface area (Å²) >= 11 is 0. The summed E-state index contributed by atoms with van der Waals surface area (Å²) < 4.78 is 35.1. The first-order valence-electron chi connectivity index (χ1n) is 10.4. The van der Waals surface area contributed by atoms with Gasteiger partial charge in [0.2, 0.25) is 0 Å². The van der Waals surface area contributed by atoms with Crippen LogP contribution in [0.5, 0.6) is 0 Å². The molecule has 0 aliphatic carbocycles. The van der Waals surface area contributed by atoms with Crippen molar-refractivity contribution in [2.24, 2.45) is 5.92 Å². The van der Waals surface area contributed by atoms with Crippen molar-refractivity contribution in [3.63, 3.8) is 0 Å². The lowest BCUT2D eigenvalue weighted by molar-refractivity contribution is -0.139. The van der Waals surface area contributed by atoms with Crippen LogP contribution in [-0.2, 0) is 24.3 Å². The minimum atomic E-state index is -4.81. The van der Waals surface area contributed by atoms with Crippen LogP contribution in [0.2, 0.25) is 0 Å². The summed E-state index contributed by atoms with van der Waals surface area (Å²) in [5.41, 5.74) is 2.42. The average molecular weight is 448 g/mol. The molecular formula is C17H29N5O7S. The predicted molar refractivity (Wildman–Crippen MR) is 103 cm³/mol. The Morgan fingerprint density at radius 1 is 1.27 bits per heavy atom. The zero-order valence-electron chi connectivity index (χ0n) is 16.7. The van der Waals surface area contributed by atoms with Gasteiger partial charge in [0, 0.05) is 19.1 Å². The highest BCUT2D eigenvalue weighted by Crippen LogP contribution is 2.30. The van der Waals surface area contributed by atoms with E-state index in [1.54, 1.807) is 0 Å². The van der Waals surface area contributed by atoms with Gasteiger partial charge in [0.05, 0.1) is 12.6 Å². The number of hydrogen-bond donors (Lipinski definition) is 3. The third kappa shape index (κ3) is 5.03. The van der Waals surface area contributed by atoms with Crippen molar-refractivity contribution in [3.05, 3.63) is 0 Å². The molecule has 0 saturated carbocycles. The first kappa shape index (κ1) is 21.7. The molecule has 0 aromatic carbocycles. The lowest BCUT2D eigenvalue weighted by Crippen LogP contribution is -2.50. The molecule has 3 amide bonds. The number of nitrogens with one attached hydrogen (secondary N) is 2. The van der Waals surface area contributed by atoms with Gasteiger partial charge in [-0.3, -0.25) is 14.2 Å². The van der Waals surface area contributed by atoms with Crippen LogP contribution in [0.25, 0.3) is 0 Å². The first-order chi connectivity index (χ1) is 14.3. The molecule has 0 spiro atoms. The van der Waals surface area contributed by atoms with Gasteiger partial charge in [-0.05, 0) is 57.7 Å². The summed E-state index contributed by atoms with van der Waals surface area (Å²) in [4.78, 5) is 34.0. The van der Waals surface area contributed by atoms with Gasteiger partial charge in [-0.25, -0.2) is 10.3 Å². The Morgan fingerprint density at radius 3 is 2.77 bits per heavy atom. The van der Waals surface area contributed by atoms with E-state index < -0.39 is 34.4 Å². The number of rotatable bonds is 8. The highest BCUT2D eigenvalue weighted by atomic mass is 32.3. The van der Waals surface area contributed by atoms with E-state index in [1.807, 2.05) is 0 Å². The Bertz CT molecular complexity index is 760. The van der Waals surface area contributed by atoms with Gasteiger partial charge in [0.25, 0.3) is 5.91 Å². The monoisotopic (exact) mass is 447 g/mol. The van der Waals surface area contributed by atoms with Gasteiger partial charge in [0.15, 0.2) is 0 Å². The topological polar surface area (TPSA) is 141 Å². The molecule has 0 aromatic rings. The van der Waals surface area contributed by atoms with Crippen molar-refractivity contribution in [3.8, 4) is 0 Å². The van der Waals surface area contributed by atoms with E-state index in [9.17, 15) is 18.0 Å². The van der Waals surface area contributed by atoms with E-state index in [-0.39, 0.29) is 12.6 Å². The predicted octanol–water partition coefficient (Wildman–Crippen LogP) is -0.889. The normalized spacial score (nSPS) is 32.2. The summed E-state index contributed by atoms with van der Waals surface area (Å²) in [7, 11) is -4.81. The molecule has 4 atom stereocenters. The van der Waals surface area contributed by atoms with Crippen LogP contribution < -0.4 is 10.8 Å². The molecule has 170 valence electrons. The molecule has 4 fully saturated rings. The molecule has 4 aliphatic heterocycles. The summed E-state index contributed by atoms with van der Waals surface area (Å²) in [6.07, 6.45) is 4.26. The molecule has 12 nitrogen and oxygen atoms in total. The molecular weight excluding hydrogens is 418 g/mol. The zero-order valence-corrected chi connectivity index (χ0v) is 17.6. The SMILES string of the molecule is O=C(NOC[C@@H]1C[C@@H](CN2CCCC2)CN1)[C@@H]1CC[C@@H]2CN1C(=O)N2OS(=O)(=O)O. The van der Waals surface area contributed by atoms with Gasteiger partial charge >= 0.3 is 16.4 Å². The molecule has 4 aliphatic rings. The summed E-state index contributed by atoms with van der Waals surface area (Å²) in [5.74, 6) is 0.126. The van der Waals surface area contributed by atoms with Crippen LogP contribution in [0.1, 0.15) is 32.1 Å². The standard InChI is InChI=1S/C17H29N5O7S/c23-16(15-4-3-14-10-21(15)17(24)22(14)29-30(25,26)27)19-28-11-13-7-12(8-18-13)9-20-5-1-2-6-20/h12-15,18H,1-11H2,(H,19,23)(H,25,26,27)/t12-,13+,14-,15+/m1/s1. The Hall–Kier alpha value is -1.51. The van der Waals surface area contributed by atoms with Crippen LogP contribution in [0.15, 0.2) is 0 Å². The van der Waals surface area contributed by atoms with Crippen LogP contribution in [0, 0.1) is 5.92 Å². The van der Waals surface area contributed by atoms with Gasteiger partial charge in [-0.1, -0.05) is 0 Å². The van der Waals surface area contributed by atoms with E-state index in [4.69, 9.17) is 9.39 Å². The Morgan fingerprint density at radius 2 is 2.03 bits per heavy atom. The van der Waals surface area contributed by atoms with Crippen molar-refractivity contribution < 1.29 is 31.7 Å². The third-order valence-electron chi connectivity index (χ3n) is 6.29. The van der Waals surface area contributed by atoms with Gasteiger partial charge in [0.1, 0.15) is 6.04 Å². The highest BCUT2D eigenvalue weighted by Gasteiger charge is 2.49. The van der Waals surface area contributed by atoms with Crippen LogP contribution in [0.4, 0.5) is 4.79 Å². The first-order valence-corrected chi connectivity index (χ1v) is 11.8. The smallest absolute Gasteiger partial charge is 0.311 e. The lowest BCUT2D eigenvalue weighted by atomic mass is 10.0. The number of carbonyl (C=O) groups excluding carboxylic acids is 2. The fourth-order valence-electron chi connectivity index (χ4n) is 4.88. The molecule has 0 radical (unpaired) electrons. The van der Waals surface area contributed by atoms with Crippen molar-refractivity contribution in [2.45, 2.75) is 50.2 Å². The average Bonchev–Trinajstić information content (AvgIpc) is 3.40. The van der Waals surface area contributed by atoms with E-state index in [0.29, 0.717) is 30.4 Å². The molecule has 0 aromatic heterocycles. The van der Waals surface area contributed by atoms with Gasteiger partial charge < -0.3 is 15.1 Å². The third-order valence-corrected chi connectivity index (χ3v) is 6.63. The fraction of sp³-hybridized carbons (Fsp3) is 0.882. The van der Waals surface area contributed by atoms with E-state index in [2.05, 4.69) is 20.0 Å². The maximum absolute atomic E-state index is 12.5. The Balaban J connectivity index is 1.20. The van der Waals surface area contributed by atoms with Crippen molar-refractivity contribution in [2.75, 3.05) is 39.3 Å². The van der Waals surface area contributed by atoms with Gasteiger partial charge in [-0.15, -0.1) is 4.28 Å². The maximum atomic E-state index is 12.5. The summed E-state index contributed by atoms with van der Waals surface area (Å²) in [5, 5.41) is 4.04. The zero-order chi connectivity index (χ0) is 21.3. The van der Waals surface area contributed by atoms with Crippen LogP contribution >= 0.6 is 0 Å². The number of carbonyl (C=O) groups is 2. The molecule has 13 heteroatoms. The quantitative estimate of drug-likeness (QED) is 0.319. The summed E-state index contributed by atoms with van der Waals surface area (Å²) in [6.45, 7) is 4.88. The second-order valence-electron chi connectivity index (χ2n) is 8.50. The number of hydrogen-bond acceptors (Lipinski definition) is 8. The molecule has 3 N–H and O–H groups in total. The Kier molecular flexibility index (Phi) is 6.46. The minimum absolute atomic E-state index is 0.148. The van der Waals surface area contributed by atoms with E-state index >= 15 is 0 Å². The number of urea groups is 1. The lowest BCUT2D eigenvalue weighted by Gasteiger charge is -2.29. The van der Waals surface area contributed by atoms with E-state index in [0.717, 1.165) is 19.5 Å². The molecule has 4 saturated heterocycles. The Labute approximate surface area is 175 Å². The van der Waals surface area contributed by atoms with Crippen LogP contribution in [-0.4, -0.2) is 97.2 Å². The van der Waals surface area contributed by atoms with Crippen molar-refractivity contribution >= 4 is 22.3 Å². The minimum Gasteiger partial charge on any atom is -0.311 e. The van der Waals surface area contributed by atoms with Crippen LogP contribution in [0.3, 0.4) is 0 Å². The molecule has 2 bridgehead atoms. The second-order valence-corrected chi connectivity index (χ2v) is 9.51. The van der Waals surface area contributed by atoms with E-state index in [1.165, 1.54) is 30.8 Å². The number of likely N-dealkylation sites (tertiary alicyclic amines) is 1. The second kappa shape index (κ2) is 8.93. The highest BCUT2D eigenvalue weighted by molar-refractivity contribution is 7.80. The molecule has 4 rings (SSSR count). The fourth-order valence-corrected chi connectivity index (χ4v) is 5.27. The molecule has 4 heterocycles. The molecule has 30 heavy (non-hydrogen) atoms. The maximum Gasteiger partial charge on any atom is 0.418 e. The largest absolute Gasteiger partial charge is 0.418 e. The van der Waals surface area contributed by atoms with Crippen molar-refractivity contribution in [1.29, 1.82) is 0 Å². The number of piperidine rings is 1. The van der Waals surface area contributed by atoms with Crippen molar-refractivity contribution in [1.82, 2.24) is 25.7 Å². The number of fused-ring (bicyclic) bond motifs is 2. The number of hydroxylamine groups is 3.